The Kier molecular flexibility index (Phi) is 4.29. The number of thioether (sulfide) groups is 1. The van der Waals surface area contributed by atoms with Gasteiger partial charge < -0.3 is 15.4 Å². The van der Waals surface area contributed by atoms with Gasteiger partial charge in [-0.2, -0.15) is 11.8 Å². The topological polar surface area (TPSA) is 64.3 Å². The Morgan fingerprint density at radius 2 is 2.17 bits per heavy atom. The van der Waals surface area contributed by atoms with Crippen molar-refractivity contribution in [2.24, 2.45) is 5.73 Å². The van der Waals surface area contributed by atoms with Crippen molar-refractivity contribution < 1.29 is 4.74 Å². The third kappa shape index (κ3) is 2.70. The van der Waals surface area contributed by atoms with Crippen molar-refractivity contribution >= 4 is 17.6 Å². The Hall–Kier alpha value is -1.01. The van der Waals surface area contributed by atoms with Crippen molar-refractivity contribution in [1.82, 2.24) is 9.97 Å². The Bertz CT molecular complexity index is 387. The van der Waals surface area contributed by atoms with Crippen LogP contribution in [0.2, 0.25) is 0 Å². The summed E-state index contributed by atoms with van der Waals surface area (Å²) in [4.78, 5) is 10.6. The first-order chi connectivity index (χ1) is 8.73. The van der Waals surface area contributed by atoms with E-state index in [4.69, 9.17) is 10.5 Å². The lowest BCUT2D eigenvalue weighted by Gasteiger charge is -2.40. The summed E-state index contributed by atoms with van der Waals surface area (Å²) in [6.07, 6.45) is 5.89. The van der Waals surface area contributed by atoms with Gasteiger partial charge in [0, 0.05) is 30.4 Å². The summed E-state index contributed by atoms with van der Waals surface area (Å²) >= 11 is 1.89. The van der Waals surface area contributed by atoms with Crippen molar-refractivity contribution in [3.63, 3.8) is 0 Å². The molecule has 5 nitrogen and oxygen atoms in total. The predicted molar refractivity (Wildman–Crippen MR) is 75.3 cm³/mol. The minimum absolute atomic E-state index is 0.244. The van der Waals surface area contributed by atoms with Crippen LogP contribution in [0, 0.1) is 0 Å². The van der Waals surface area contributed by atoms with E-state index in [0.717, 1.165) is 38.3 Å². The highest BCUT2D eigenvalue weighted by Crippen LogP contribution is 2.34. The molecule has 0 unspecified atom stereocenters. The monoisotopic (exact) mass is 268 g/mol. The molecule has 1 aliphatic rings. The van der Waals surface area contributed by atoms with Crippen molar-refractivity contribution in [2.45, 2.75) is 17.6 Å². The van der Waals surface area contributed by atoms with Crippen LogP contribution < -0.4 is 15.4 Å². The molecule has 0 aliphatic carbocycles. The SMILES string of the molecule is COc1cc(N2CCC(CN)(SC)CC2)ncn1. The zero-order valence-electron chi connectivity index (χ0n) is 10.9. The van der Waals surface area contributed by atoms with Crippen LogP contribution in [0.3, 0.4) is 0 Å². The minimum atomic E-state index is 0.244. The van der Waals surface area contributed by atoms with Gasteiger partial charge in [-0.3, -0.25) is 0 Å². The van der Waals surface area contributed by atoms with Crippen molar-refractivity contribution in [1.29, 1.82) is 0 Å². The van der Waals surface area contributed by atoms with E-state index in [0.29, 0.717) is 5.88 Å². The van der Waals surface area contributed by atoms with E-state index in [1.165, 1.54) is 0 Å². The van der Waals surface area contributed by atoms with E-state index in [1.54, 1.807) is 13.4 Å². The number of methoxy groups -OCH3 is 1. The maximum Gasteiger partial charge on any atom is 0.218 e. The highest BCUT2D eigenvalue weighted by Gasteiger charge is 2.32. The van der Waals surface area contributed by atoms with E-state index in [2.05, 4.69) is 21.1 Å². The summed E-state index contributed by atoms with van der Waals surface area (Å²) in [6, 6.07) is 1.88. The quantitative estimate of drug-likeness (QED) is 0.883. The number of nitrogens with zero attached hydrogens (tertiary/aromatic N) is 3. The van der Waals surface area contributed by atoms with Crippen LogP contribution in [-0.2, 0) is 0 Å². The summed E-state index contributed by atoms with van der Waals surface area (Å²) < 4.78 is 5.37. The maximum absolute atomic E-state index is 5.89. The number of nitrogens with two attached hydrogens (primary N) is 1. The summed E-state index contributed by atoms with van der Waals surface area (Å²) in [7, 11) is 1.62. The van der Waals surface area contributed by atoms with Gasteiger partial charge in [-0.1, -0.05) is 0 Å². The van der Waals surface area contributed by atoms with Gasteiger partial charge in [0.25, 0.3) is 0 Å². The molecule has 100 valence electrons. The molecule has 0 atom stereocenters. The van der Waals surface area contributed by atoms with Crippen LogP contribution in [0.15, 0.2) is 12.4 Å². The molecule has 1 saturated heterocycles. The van der Waals surface area contributed by atoms with Gasteiger partial charge in [0.05, 0.1) is 7.11 Å². The number of rotatable bonds is 4. The number of hydrogen-bond acceptors (Lipinski definition) is 6. The Balaban J connectivity index is 2.04. The van der Waals surface area contributed by atoms with Crippen LogP contribution >= 0.6 is 11.8 Å². The fraction of sp³-hybridized carbons (Fsp3) is 0.667. The predicted octanol–water partition coefficient (Wildman–Crippen LogP) is 1.15. The van der Waals surface area contributed by atoms with Crippen LogP contribution in [0.25, 0.3) is 0 Å². The molecule has 6 heteroatoms. The van der Waals surface area contributed by atoms with Crippen molar-refractivity contribution in [3.05, 3.63) is 12.4 Å². The first-order valence-electron chi connectivity index (χ1n) is 6.09. The standard InChI is InChI=1S/C12H20N4OS/c1-17-11-7-10(14-9-15-11)16-5-3-12(8-13,18-2)4-6-16/h7,9H,3-6,8,13H2,1-2H3. The van der Waals surface area contributed by atoms with Crippen LogP contribution in [0.4, 0.5) is 5.82 Å². The number of anilines is 1. The molecule has 0 aromatic carbocycles. The molecule has 18 heavy (non-hydrogen) atoms. The van der Waals surface area contributed by atoms with Crippen LogP contribution in [0.5, 0.6) is 5.88 Å². The molecule has 2 heterocycles. The van der Waals surface area contributed by atoms with E-state index in [-0.39, 0.29) is 4.75 Å². The Morgan fingerprint density at radius 3 is 2.72 bits per heavy atom. The largest absolute Gasteiger partial charge is 0.481 e. The smallest absolute Gasteiger partial charge is 0.218 e. The molecule has 0 bridgehead atoms. The summed E-state index contributed by atoms with van der Waals surface area (Å²) in [5.41, 5.74) is 5.89. The fourth-order valence-corrected chi connectivity index (χ4v) is 3.01. The van der Waals surface area contributed by atoms with Crippen LogP contribution in [-0.4, -0.2) is 47.7 Å². The van der Waals surface area contributed by atoms with Gasteiger partial charge in [-0.15, -0.1) is 0 Å². The van der Waals surface area contributed by atoms with Gasteiger partial charge in [-0.05, 0) is 19.1 Å². The summed E-state index contributed by atoms with van der Waals surface area (Å²) in [6.45, 7) is 2.71. The molecule has 1 fully saturated rings. The van der Waals surface area contributed by atoms with Gasteiger partial charge in [0.1, 0.15) is 12.1 Å². The number of ether oxygens (including phenoxy) is 1. The average Bonchev–Trinajstić information content (AvgIpc) is 2.47. The van der Waals surface area contributed by atoms with E-state index in [1.807, 2.05) is 17.8 Å². The van der Waals surface area contributed by atoms with E-state index < -0.39 is 0 Å². The average molecular weight is 268 g/mol. The number of piperidine rings is 1. The lowest BCUT2D eigenvalue weighted by molar-refractivity contribution is 0.396. The molecule has 1 aliphatic heterocycles. The van der Waals surface area contributed by atoms with Crippen molar-refractivity contribution in [3.8, 4) is 5.88 Å². The molecular formula is C12H20N4OS. The second-order valence-corrected chi connectivity index (χ2v) is 5.77. The van der Waals surface area contributed by atoms with E-state index >= 15 is 0 Å². The molecule has 0 spiro atoms. The summed E-state index contributed by atoms with van der Waals surface area (Å²) in [5.74, 6) is 1.55. The van der Waals surface area contributed by atoms with Gasteiger partial charge in [0.2, 0.25) is 5.88 Å². The number of aromatic nitrogens is 2. The van der Waals surface area contributed by atoms with E-state index in [9.17, 15) is 0 Å². The van der Waals surface area contributed by atoms with Gasteiger partial charge >= 0.3 is 0 Å². The summed E-state index contributed by atoms with van der Waals surface area (Å²) in [5, 5.41) is 0. The third-order valence-corrected chi connectivity index (χ3v) is 5.08. The molecule has 0 saturated carbocycles. The molecule has 0 radical (unpaired) electrons. The zero-order valence-corrected chi connectivity index (χ0v) is 11.7. The maximum atomic E-state index is 5.89. The molecule has 2 N–H and O–H groups in total. The minimum Gasteiger partial charge on any atom is -0.481 e. The fourth-order valence-electron chi connectivity index (χ4n) is 2.25. The first kappa shape index (κ1) is 13.4. The number of hydrogen-bond donors (Lipinski definition) is 1. The van der Waals surface area contributed by atoms with Gasteiger partial charge in [-0.25, -0.2) is 9.97 Å². The van der Waals surface area contributed by atoms with Crippen molar-refractivity contribution in [2.75, 3.05) is 37.9 Å². The Labute approximate surface area is 112 Å². The van der Waals surface area contributed by atoms with Crippen LogP contribution in [0.1, 0.15) is 12.8 Å². The second kappa shape index (κ2) is 5.75. The third-order valence-electron chi connectivity index (χ3n) is 3.64. The van der Waals surface area contributed by atoms with Gasteiger partial charge in [0.15, 0.2) is 0 Å². The molecule has 2 rings (SSSR count). The molecule has 0 amide bonds. The lowest BCUT2D eigenvalue weighted by Crippen LogP contribution is -2.46. The normalized spacial score (nSPS) is 18.7. The molecular weight excluding hydrogens is 248 g/mol. The molecule has 1 aromatic rings. The lowest BCUT2D eigenvalue weighted by atomic mass is 9.96. The second-order valence-electron chi connectivity index (χ2n) is 4.50. The Morgan fingerprint density at radius 1 is 1.44 bits per heavy atom. The molecule has 1 aromatic heterocycles. The highest BCUT2D eigenvalue weighted by atomic mass is 32.2. The highest BCUT2D eigenvalue weighted by molar-refractivity contribution is 8.00. The first-order valence-corrected chi connectivity index (χ1v) is 7.32. The zero-order chi connectivity index (χ0) is 13.0.